The lowest BCUT2D eigenvalue weighted by molar-refractivity contribution is -0.140. The molecular weight excluding hydrogens is 451 g/mol. The van der Waals surface area contributed by atoms with Crippen LogP contribution in [-0.2, 0) is 16.1 Å². The maximum Gasteiger partial charge on any atom is 0.245 e. The van der Waals surface area contributed by atoms with Gasteiger partial charge in [-0.15, -0.1) is 23.2 Å². The highest BCUT2D eigenvalue weighted by Crippen LogP contribution is 2.48. The van der Waals surface area contributed by atoms with Crippen molar-refractivity contribution in [1.82, 2.24) is 20.0 Å². The molecule has 1 aromatic carbocycles. The Hall–Kier alpha value is -2.12. The van der Waals surface area contributed by atoms with Crippen molar-refractivity contribution in [3.63, 3.8) is 0 Å². The van der Waals surface area contributed by atoms with E-state index in [1.807, 2.05) is 24.3 Å². The highest BCUT2D eigenvalue weighted by molar-refractivity contribution is 6.48. The van der Waals surface area contributed by atoms with Crippen molar-refractivity contribution in [2.75, 3.05) is 0 Å². The Kier molecular flexibility index (Phi) is 5.45. The van der Waals surface area contributed by atoms with E-state index in [1.54, 1.807) is 9.58 Å². The number of benzene rings is 1. The summed E-state index contributed by atoms with van der Waals surface area (Å²) in [4.78, 5) is 40.2. The fourth-order valence-corrected chi connectivity index (χ4v) is 6.00. The monoisotopic (exact) mass is 476 g/mol. The summed E-state index contributed by atoms with van der Waals surface area (Å²) in [6, 6.07) is 6.94. The number of fused-ring (bicyclic) bond motifs is 2. The Labute approximate surface area is 196 Å². The normalized spacial score (nSPS) is 28.4. The first-order chi connectivity index (χ1) is 15.2. The number of nitrogens with one attached hydrogen (secondary N) is 1. The lowest BCUT2D eigenvalue weighted by atomic mass is 9.94. The molecule has 3 aliphatic rings. The first-order valence-electron chi connectivity index (χ1n) is 11.2. The topological polar surface area (TPSA) is 84.3 Å². The van der Waals surface area contributed by atoms with Gasteiger partial charge in [0.1, 0.15) is 22.6 Å². The summed E-state index contributed by atoms with van der Waals surface area (Å²) in [5, 5.41) is 8.23. The van der Waals surface area contributed by atoms with E-state index in [0.717, 1.165) is 36.6 Å². The fourth-order valence-electron chi connectivity index (χ4n) is 5.36. The zero-order chi connectivity index (χ0) is 22.6. The van der Waals surface area contributed by atoms with Gasteiger partial charge in [0.2, 0.25) is 11.8 Å². The number of alkyl halides is 2. The van der Waals surface area contributed by atoms with Gasteiger partial charge >= 0.3 is 0 Å². The fraction of sp³-hybridized carbons (Fsp3) is 0.565. The van der Waals surface area contributed by atoms with Gasteiger partial charge in [-0.1, -0.05) is 18.2 Å². The molecule has 0 unspecified atom stereocenters. The minimum absolute atomic E-state index is 0.00328. The molecule has 2 heterocycles. The summed E-state index contributed by atoms with van der Waals surface area (Å²) >= 11 is 12.6. The zero-order valence-electron chi connectivity index (χ0n) is 17.9. The Morgan fingerprint density at radius 2 is 2.00 bits per heavy atom. The number of nitrogens with zero attached hydrogens (tertiary/aromatic N) is 3. The Balaban J connectivity index is 1.33. The van der Waals surface area contributed by atoms with E-state index in [-0.39, 0.29) is 36.2 Å². The molecule has 7 nitrogen and oxygen atoms in total. The predicted molar refractivity (Wildman–Crippen MR) is 122 cm³/mol. The lowest BCUT2D eigenvalue weighted by Gasteiger charge is -2.34. The van der Waals surface area contributed by atoms with Crippen LogP contribution in [0, 0.1) is 5.92 Å². The largest absolute Gasteiger partial charge is 0.351 e. The molecule has 0 bridgehead atoms. The van der Waals surface area contributed by atoms with Crippen molar-refractivity contribution in [2.45, 2.75) is 74.5 Å². The number of hydrogen-bond acceptors (Lipinski definition) is 4. The SMILES string of the molecule is CC(=O)c1nn(CC(=O)N2[C@@H]3C[C@@H]3C[C@H]2C(=O)N[C@H]2CCCC(Cl)(Cl)C2)c2ccccc12. The third-order valence-corrected chi connectivity index (χ3v) is 7.64. The number of aromatic nitrogens is 2. The summed E-state index contributed by atoms with van der Waals surface area (Å²) in [7, 11) is 0. The number of hydrogen-bond donors (Lipinski definition) is 1. The second kappa shape index (κ2) is 8.03. The van der Waals surface area contributed by atoms with Crippen molar-refractivity contribution in [3.05, 3.63) is 30.0 Å². The van der Waals surface area contributed by atoms with E-state index in [9.17, 15) is 14.4 Å². The second-order valence-electron chi connectivity index (χ2n) is 9.35. The van der Waals surface area contributed by atoms with E-state index in [1.165, 1.54) is 6.92 Å². The van der Waals surface area contributed by atoms with Gasteiger partial charge in [0.05, 0.1) is 5.52 Å². The van der Waals surface area contributed by atoms with E-state index < -0.39 is 10.4 Å². The summed E-state index contributed by atoms with van der Waals surface area (Å²) < 4.78 is 0.772. The smallest absolute Gasteiger partial charge is 0.245 e. The number of halogens is 2. The maximum atomic E-state index is 13.3. The van der Waals surface area contributed by atoms with Gasteiger partial charge < -0.3 is 10.2 Å². The van der Waals surface area contributed by atoms with Crippen LogP contribution in [0.5, 0.6) is 0 Å². The molecular formula is C23H26Cl2N4O3. The molecule has 5 rings (SSSR count). The van der Waals surface area contributed by atoms with Gasteiger partial charge in [0.15, 0.2) is 5.78 Å². The van der Waals surface area contributed by atoms with Crippen molar-refractivity contribution in [2.24, 2.45) is 5.92 Å². The number of likely N-dealkylation sites (tertiary alicyclic amines) is 1. The molecule has 0 spiro atoms. The number of piperidine rings is 1. The number of Topliss-reactive ketones (excluding diaryl/α,β-unsaturated/α-hetero) is 1. The maximum absolute atomic E-state index is 13.3. The minimum Gasteiger partial charge on any atom is -0.351 e. The van der Waals surface area contributed by atoms with Crippen molar-refractivity contribution in [3.8, 4) is 0 Å². The molecule has 170 valence electrons. The highest BCUT2D eigenvalue weighted by Gasteiger charge is 2.56. The van der Waals surface area contributed by atoms with Crippen LogP contribution >= 0.6 is 23.2 Å². The van der Waals surface area contributed by atoms with Gasteiger partial charge in [0, 0.05) is 30.8 Å². The summed E-state index contributed by atoms with van der Waals surface area (Å²) in [5.74, 6) is -0.0407. The van der Waals surface area contributed by atoms with Gasteiger partial charge in [-0.3, -0.25) is 19.1 Å². The molecule has 4 atom stereocenters. The van der Waals surface area contributed by atoms with Crippen molar-refractivity contribution in [1.29, 1.82) is 0 Å². The number of para-hydroxylation sites is 1. The first kappa shape index (κ1) is 21.7. The summed E-state index contributed by atoms with van der Waals surface area (Å²) in [5.41, 5.74) is 1.10. The number of carbonyl (C=O) groups excluding carboxylic acids is 3. The Morgan fingerprint density at radius 1 is 1.22 bits per heavy atom. The molecule has 2 saturated carbocycles. The molecule has 2 amide bonds. The second-order valence-corrected chi connectivity index (χ2v) is 11.0. The highest BCUT2D eigenvalue weighted by atomic mass is 35.5. The molecule has 1 aliphatic heterocycles. The molecule has 32 heavy (non-hydrogen) atoms. The molecule has 2 aliphatic carbocycles. The molecule has 0 radical (unpaired) electrons. The molecule has 1 N–H and O–H groups in total. The van der Waals surface area contributed by atoms with Crippen LogP contribution in [0.4, 0.5) is 0 Å². The van der Waals surface area contributed by atoms with E-state index in [0.29, 0.717) is 24.5 Å². The first-order valence-corrected chi connectivity index (χ1v) is 11.9. The third-order valence-electron chi connectivity index (χ3n) is 6.96. The van der Waals surface area contributed by atoms with Gasteiger partial charge in [-0.05, 0) is 44.1 Å². The molecule has 1 saturated heterocycles. The number of rotatable bonds is 5. The van der Waals surface area contributed by atoms with Crippen LogP contribution in [0.1, 0.15) is 55.9 Å². The van der Waals surface area contributed by atoms with Crippen LogP contribution in [0.3, 0.4) is 0 Å². The average molecular weight is 477 g/mol. The van der Waals surface area contributed by atoms with E-state index >= 15 is 0 Å². The minimum atomic E-state index is -0.806. The average Bonchev–Trinajstić information content (AvgIpc) is 3.23. The summed E-state index contributed by atoms with van der Waals surface area (Å²) in [6.07, 6.45) is 4.56. The van der Waals surface area contributed by atoms with Crippen LogP contribution in [0.2, 0.25) is 0 Å². The van der Waals surface area contributed by atoms with Crippen LogP contribution in [-0.4, -0.2) is 54.7 Å². The van der Waals surface area contributed by atoms with Gasteiger partial charge in [-0.2, -0.15) is 5.10 Å². The molecule has 9 heteroatoms. The summed E-state index contributed by atoms with van der Waals surface area (Å²) in [6.45, 7) is 1.47. The Bertz CT molecular complexity index is 1100. The van der Waals surface area contributed by atoms with Crippen LogP contribution in [0.25, 0.3) is 10.9 Å². The third kappa shape index (κ3) is 4.01. The number of ketones is 1. The molecule has 2 aromatic rings. The van der Waals surface area contributed by atoms with Crippen molar-refractivity contribution < 1.29 is 14.4 Å². The molecule has 3 fully saturated rings. The number of carbonyl (C=O) groups is 3. The molecule has 1 aromatic heterocycles. The quantitative estimate of drug-likeness (QED) is 0.528. The lowest BCUT2D eigenvalue weighted by Crippen LogP contribution is -2.52. The Morgan fingerprint density at radius 3 is 2.75 bits per heavy atom. The van der Waals surface area contributed by atoms with Crippen LogP contribution < -0.4 is 5.32 Å². The zero-order valence-corrected chi connectivity index (χ0v) is 19.4. The van der Waals surface area contributed by atoms with Crippen LogP contribution in [0.15, 0.2) is 24.3 Å². The van der Waals surface area contributed by atoms with Gasteiger partial charge in [0.25, 0.3) is 0 Å². The van der Waals surface area contributed by atoms with Crippen molar-refractivity contribution >= 4 is 51.7 Å². The van der Waals surface area contributed by atoms with Gasteiger partial charge in [-0.25, -0.2) is 0 Å². The van der Waals surface area contributed by atoms with E-state index in [4.69, 9.17) is 23.2 Å². The standard InChI is InChI=1S/C23H26Cl2N4O3/c1-13(30)21-16-6-2-3-7-17(16)28(27-21)12-20(31)29-18-9-14(18)10-19(29)22(32)26-15-5-4-8-23(24,25)11-15/h2-3,6-7,14-15,18-19H,4-5,8-12H2,1H3,(H,26,32)/t14-,15+,18-,19+/m1/s1. The predicted octanol–water partition coefficient (Wildman–Crippen LogP) is 3.46. The van der Waals surface area contributed by atoms with E-state index in [2.05, 4.69) is 10.4 Å². The number of amides is 2.